The maximum absolute atomic E-state index is 12.5. The lowest BCUT2D eigenvalue weighted by Gasteiger charge is -2.35. The number of carbonyl (C=O) groups is 1. The molecule has 0 atom stereocenters. The van der Waals surface area contributed by atoms with Crippen LogP contribution in [0.3, 0.4) is 0 Å². The molecule has 0 aliphatic carbocycles. The molecule has 0 N–H and O–H groups in total. The Kier molecular flexibility index (Phi) is 4.44. The first-order valence-electron chi connectivity index (χ1n) is 8.70. The molecule has 1 aliphatic rings. The third-order valence-electron chi connectivity index (χ3n) is 4.79. The first-order valence-corrected chi connectivity index (χ1v) is 8.70. The van der Waals surface area contributed by atoms with Crippen LogP contribution in [0.2, 0.25) is 0 Å². The van der Waals surface area contributed by atoms with Gasteiger partial charge in [-0.2, -0.15) is 0 Å². The molecule has 4 nitrogen and oxygen atoms in total. The molecule has 2 heterocycles. The number of pyridine rings is 1. The van der Waals surface area contributed by atoms with Gasteiger partial charge in [0.05, 0.1) is 5.52 Å². The van der Waals surface area contributed by atoms with E-state index in [1.807, 2.05) is 47.5 Å². The van der Waals surface area contributed by atoms with Crippen LogP contribution in [0.15, 0.2) is 66.9 Å². The van der Waals surface area contributed by atoms with Crippen LogP contribution >= 0.6 is 0 Å². The average Bonchev–Trinajstić information content (AvgIpc) is 2.69. The zero-order chi connectivity index (χ0) is 17.1. The highest BCUT2D eigenvalue weighted by atomic mass is 16.2. The Hall–Kier alpha value is -2.72. The van der Waals surface area contributed by atoms with E-state index >= 15 is 0 Å². The standard InChI is InChI=1S/C21H21N3O/c25-21(18-6-2-1-3-7-18)24-14-12-23(13-15-24)16-19-9-4-8-17-10-5-11-22-20(17)19/h1-11H,12-16H2. The number of nitrogens with zero attached hydrogens (tertiary/aromatic N) is 3. The Balaban J connectivity index is 1.41. The van der Waals surface area contributed by atoms with Crippen LogP contribution < -0.4 is 0 Å². The van der Waals surface area contributed by atoms with Crippen molar-refractivity contribution < 1.29 is 4.79 Å². The largest absolute Gasteiger partial charge is 0.336 e. The fourth-order valence-electron chi connectivity index (χ4n) is 3.41. The Morgan fingerprint density at radius 1 is 0.880 bits per heavy atom. The van der Waals surface area contributed by atoms with Crippen LogP contribution in [0, 0.1) is 0 Å². The maximum Gasteiger partial charge on any atom is 0.253 e. The van der Waals surface area contributed by atoms with Gasteiger partial charge in [-0.3, -0.25) is 14.7 Å². The first-order chi connectivity index (χ1) is 12.3. The summed E-state index contributed by atoms with van der Waals surface area (Å²) in [4.78, 5) is 21.4. The van der Waals surface area contributed by atoms with Crippen molar-refractivity contribution in [1.82, 2.24) is 14.8 Å². The van der Waals surface area contributed by atoms with Crippen LogP contribution in [0.4, 0.5) is 0 Å². The number of hydrogen-bond acceptors (Lipinski definition) is 3. The van der Waals surface area contributed by atoms with Gasteiger partial charge in [-0.15, -0.1) is 0 Å². The highest BCUT2D eigenvalue weighted by molar-refractivity contribution is 5.94. The summed E-state index contributed by atoms with van der Waals surface area (Å²) in [5.74, 6) is 0.132. The van der Waals surface area contributed by atoms with E-state index in [0.29, 0.717) is 0 Å². The molecule has 0 bridgehead atoms. The number of amides is 1. The number of rotatable bonds is 3. The van der Waals surface area contributed by atoms with Gasteiger partial charge in [0.25, 0.3) is 5.91 Å². The molecule has 25 heavy (non-hydrogen) atoms. The van der Waals surface area contributed by atoms with Crippen molar-refractivity contribution in [1.29, 1.82) is 0 Å². The highest BCUT2D eigenvalue weighted by Crippen LogP contribution is 2.19. The summed E-state index contributed by atoms with van der Waals surface area (Å²) in [5, 5.41) is 1.18. The minimum absolute atomic E-state index is 0.132. The minimum Gasteiger partial charge on any atom is -0.336 e. The molecule has 0 radical (unpaired) electrons. The predicted octanol–water partition coefficient (Wildman–Crippen LogP) is 3.19. The van der Waals surface area contributed by atoms with Crippen LogP contribution in [-0.4, -0.2) is 46.9 Å². The Morgan fingerprint density at radius 3 is 2.44 bits per heavy atom. The molecule has 4 rings (SSSR count). The van der Waals surface area contributed by atoms with Crippen molar-refractivity contribution in [2.75, 3.05) is 26.2 Å². The summed E-state index contributed by atoms with van der Waals surface area (Å²) in [6.07, 6.45) is 1.85. The number of fused-ring (bicyclic) bond motifs is 1. The van der Waals surface area contributed by atoms with Crippen molar-refractivity contribution in [2.45, 2.75) is 6.54 Å². The average molecular weight is 331 g/mol. The summed E-state index contributed by atoms with van der Waals surface area (Å²) in [6, 6.07) is 19.9. The first kappa shape index (κ1) is 15.8. The molecule has 3 aromatic rings. The zero-order valence-electron chi connectivity index (χ0n) is 14.1. The van der Waals surface area contributed by atoms with Crippen molar-refractivity contribution in [3.05, 3.63) is 78.0 Å². The Morgan fingerprint density at radius 2 is 1.64 bits per heavy atom. The summed E-state index contributed by atoms with van der Waals surface area (Å²) in [6.45, 7) is 4.20. The van der Waals surface area contributed by atoms with E-state index in [1.165, 1.54) is 10.9 Å². The summed E-state index contributed by atoms with van der Waals surface area (Å²) in [5.41, 5.74) is 3.10. The molecule has 1 fully saturated rings. The van der Waals surface area contributed by atoms with E-state index < -0.39 is 0 Å². The lowest BCUT2D eigenvalue weighted by molar-refractivity contribution is 0.0629. The van der Waals surface area contributed by atoms with E-state index in [0.717, 1.165) is 43.8 Å². The van der Waals surface area contributed by atoms with E-state index in [-0.39, 0.29) is 5.91 Å². The topological polar surface area (TPSA) is 36.4 Å². The SMILES string of the molecule is O=C(c1ccccc1)N1CCN(Cc2cccc3cccnc23)CC1. The molecule has 1 aromatic heterocycles. The van der Waals surface area contributed by atoms with Gasteiger partial charge in [0.15, 0.2) is 0 Å². The van der Waals surface area contributed by atoms with Gasteiger partial charge in [0.1, 0.15) is 0 Å². The van der Waals surface area contributed by atoms with Crippen LogP contribution in [-0.2, 0) is 6.54 Å². The second-order valence-corrected chi connectivity index (χ2v) is 6.43. The Bertz CT molecular complexity index is 865. The number of carbonyl (C=O) groups excluding carboxylic acids is 1. The van der Waals surface area contributed by atoms with Crippen molar-refractivity contribution in [3.63, 3.8) is 0 Å². The van der Waals surface area contributed by atoms with Gasteiger partial charge in [-0.25, -0.2) is 0 Å². The molecular weight excluding hydrogens is 310 g/mol. The second-order valence-electron chi connectivity index (χ2n) is 6.43. The Labute approximate surface area is 147 Å². The molecular formula is C21H21N3O. The van der Waals surface area contributed by atoms with E-state index in [9.17, 15) is 4.79 Å². The number of para-hydroxylation sites is 1. The molecule has 1 saturated heterocycles. The van der Waals surface area contributed by atoms with Gasteiger partial charge >= 0.3 is 0 Å². The van der Waals surface area contributed by atoms with Crippen molar-refractivity contribution in [3.8, 4) is 0 Å². The quantitative estimate of drug-likeness (QED) is 0.739. The lowest BCUT2D eigenvalue weighted by atomic mass is 10.1. The minimum atomic E-state index is 0.132. The molecule has 1 aliphatic heterocycles. The second kappa shape index (κ2) is 7.03. The predicted molar refractivity (Wildman–Crippen MR) is 99.4 cm³/mol. The monoisotopic (exact) mass is 331 g/mol. The van der Waals surface area contributed by atoms with Crippen LogP contribution in [0.5, 0.6) is 0 Å². The molecule has 126 valence electrons. The molecule has 4 heteroatoms. The molecule has 2 aromatic carbocycles. The van der Waals surface area contributed by atoms with Gasteiger partial charge in [-0.05, 0) is 23.8 Å². The maximum atomic E-state index is 12.5. The summed E-state index contributed by atoms with van der Waals surface area (Å²) < 4.78 is 0. The van der Waals surface area contributed by atoms with Crippen molar-refractivity contribution >= 4 is 16.8 Å². The van der Waals surface area contributed by atoms with E-state index in [2.05, 4.69) is 34.1 Å². The molecule has 0 spiro atoms. The highest BCUT2D eigenvalue weighted by Gasteiger charge is 2.22. The lowest BCUT2D eigenvalue weighted by Crippen LogP contribution is -2.48. The van der Waals surface area contributed by atoms with Crippen molar-refractivity contribution in [2.24, 2.45) is 0 Å². The smallest absolute Gasteiger partial charge is 0.253 e. The van der Waals surface area contributed by atoms with Gasteiger partial charge in [0.2, 0.25) is 0 Å². The van der Waals surface area contributed by atoms with E-state index in [1.54, 1.807) is 0 Å². The number of benzene rings is 2. The fraction of sp³-hybridized carbons (Fsp3) is 0.238. The molecule has 0 unspecified atom stereocenters. The number of hydrogen-bond donors (Lipinski definition) is 0. The van der Waals surface area contributed by atoms with E-state index in [4.69, 9.17) is 0 Å². The van der Waals surface area contributed by atoms with Gasteiger partial charge in [-0.1, -0.05) is 42.5 Å². The third kappa shape index (κ3) is 3.39. The van der Waals surface area contributed by atoms with Crippen LogP contribution in [0.1, 0.15) is 15.9 Å². The van der Waals surface area contributed by atoms with Gasteiger partial charge in [0, 0.05) is 49.9 Å². The normalized spacial score (nSPS) is 15.4. The van der Waals surface area contributed by atoms with Crippen LogP contribution in [0.25, 0.3) is 10.9 Å². The molecule has 0 saturated carbocycles. The zero-order valence-corrected chi connectivity index (χ0v) is 14.1. The third-order valence-corrected chi connectivity index (χ3v) is 4.79. The summed E-state index contributed by atoms with van der Waals surface area (Å²) >= 11 is 0. The fourth-order valence-corrected chi connectivity index (χ4v) is 3.41. The number of piperazine rings is 1. The summed E-state index contributed by atoms with van der Waals surface area (Å²) in [7, 11) is 0. The van der Waals surface area contributed by atoms with Gasteiger partial charge < -0.3 is 4.90 Å². The molecule has 1 amide bonds. The number of aromatic nitrogens is 1.